The summed E-state index contributed by atoms with van der Waals surface area (Å²) in [6.45, 7) is 20.5. The minimum Gasteiger partial charge on any atom is -0.450 e. The fourth-order valence-electron chi connectivity index (χ4n) is 8.83. The van der Waals surface area contributed by atoms with Crippen LogP contribution < -0.4 is 21.3 Å². The number of aliphatic hydroxyl groups is 1. The first-order valence-electron chi connectivity index (χ1n) is 19.7. The van der Waals surface area contributed by atoms with E-state index in [4.69, 9.17) is 23.7 Å². The molecule has 322 valence electrons. The quantitative estimate of drug-likeness (QED) is 0.0496. The van der Waals surface area contributed by atoms with Gasteiger partial charge in [0.2, 0.25) is 5.91 Å². The van der Waals surface area contributed by atoms with Gasteiger partial charge < -0.3 is 50.1 Å². The van der Waals surface area contributed by atoms with Crippen LogP contribution >= 0.6 is 15.9 Å². The number of halogens is 1. The monoisotopic (exact) mass is 1120 g/mol. The number of unbranched alkanes of at least 4 members (excludes halogenated alkanes) is 1. The van der Waals surface area contributed by atoms with Gasteiger partial charge in [0.15, 0.2) is 0 Å². The first kappa shape index (κ1) is 50.7. The number of ether oxygens (including phenoxy) is 5. The zero-order valence-electron chi connectivity index (χ0n) is 36.1. The third-order valence-electron chi connectivity index (χ3n) is 10.6. The van der Waals surface area contributed by atoms with Crippen LogP contribution in [-0.4, -0.2) is 113 Å². The molecule has 0 heterocycles. The van der Waals surface area contributed by atoms with Crippen LogP contribution in [0.5, 0.6) is 0 Å². The van der Waals surface area contributed by atoms with Crippen molar-refractivity contribution in [2.24, 2.45) is 32.5 Å². The molecule has 0 bridgehead atoms. The molecule has 0 spiro atoms. The zero-order chi connectivity index (χ0) is 41.6. The van der Waals surface area contributed by atoms with E-state index < -0.39 is 23.7 Å². The molecule has 0 aromatic rings. The Morgan fingerprint density at radius 3 is 1.59 bits per heavy atom. The van der Waals surface area contributed by atoms with Gasteiger partial charge >= 0.3 is 18.3 Å². The molecule has 6 atom stereocenters. The summed E-state index contributed by atoms with van der Waals surface area (Å²) >= 11 is 3.51. The standard InChI is InChI=1S/C40H73BrN4O10.Rf/c1-29(47)44-30-15-35(2,3)19-37(6,17-30)22-42-32(48)53-13-11-12-14-54-33(49)43-23-38(7)18-31(16-36(4,5)20-38)45-34(50)55-28-40(9,24-46)27-52-26-39(8,21-41)25-51-10;/h30-31,46H,11-28H2,1-10H3,(H,42,48)(H,43,49)(H,44,47)(H,45,50);. The Kier molecular flexibility index (Phi) is 19.9. The van der Waals surface area contributed by atoms with Gasteiger partial charge in [0, 0.05) is 55.4 Å². The molecule has 0 radical (unpaired) electrons. The molecule has 4 amide bonds. The maximum absolute atomic E-state index is 12.9. The van der Waals surface area contributed by atoms with Crippen molar-refractivity contribution in [3.05, 3.63) is 0 Å². The molecule has 6 unspecified atom stereocenters. The summed E-state index contributed by atoms with van der Waals surface area (Å²) in [6.07, 6.45) is 4.38. The second kappa shape index (κ2) is 22.0. The maximum atomic E-state index is 12.9. The molecule has 2 rings (SSSR count). The summed E-state index contributed by atoms with van der Waals surface area (Å²) in [5, 5.41) is 22.6. The number of amides is 4. The topological polar surface area (TPSA) is 183 Å². The van der Waals surface area contributed by atoms with E-state index in [0.29, 0.717) is 50.9 Å². The second-order valence-electron chi connectivity index (χ2n) is 19.5. The fourth-order valence-corrected chi connectivity index (χ4v) is 9.15. The van der Waals surface area contributed by atoms with Crippen LogP contribution in [0.3, 0.4) is 0 Å². The number of carbonyl (C=O) groups is 4. The Bertz CT molecular complexity index is 1260. The van der Waals surface area contributed by atoms with Gasteiger partial charge in [0.05, 0.1) is 39.6 Å². The molecule has 56 heavy (non-hydrogen) atoms. The van der Waals surface area contributed by atoms with E-state index in [1.54, 1.807) is 7.11 Å². The Labute approximate surface area is 338 Å². The number of methoxy groups -OCH3 is 1. The minimum atomic E-state index is -0.768. The Balaban J connectivity index is 0.0000157. The number of carbonyl (C=O) groups excluding carboxylic acids is 4. The maximum Gasteiger partial charge on any atom is 0.407 e. The van der Waals surface area contributed by atoms with Gasteiger partial charge in [-0.2, -0.15) is 0 Å². The molecular weight excluding hydrogens is 1040 g/mol. The van der Waals surface area contributed by atoms with Crippen LogP contribution in [-0.2, 0) is 28.5 Å². The summed E-state index contributed by atoms with van der Waals surface area (Å²) < 4.78 is 27.6. The minimum absolute atomic E-state index is 0. The Morgan fingerprint density at radius 2 is 1.16 bits per heavy atom. The number of alkyl carbamates (subject to hydrolysis) is 3. The van der Waals surface area contributed by atoms with E-state index in [1.165, 1.54) is 6.92 Å². The van der Waals surface area contributed by atoms with Crippen LogP contribution in [0.25, 0.3) is 0 Å². The summed E-state index contributed by atoms with van der Waals surface area (Å²) in [5.74, 6) is -0.0424. The number of hydrogen-bond donors (Lipinski definition) is 5. The number of aliphatic hydroxyl groups excluding tert-OH is 1. The van der Waals surface area contributed by atoms with E-state index in [-0.39, 0.29) is 78.1 Å². The molecule has 14 nitrogen and oxygen atoms in total. The molecule has 0 saturated heterocycles. The van der Waals surface area contributed by atoms with Crippen molar-refractivity contribution in [3.8, 4) is 0 Å². The van der Waals surface area contributed by atoms with Crippen LogP contribution in [0.4, 0.5) is 14.4 Å². The number of hydrogen-bond acceptors (Lipinski definition) is 10. The summed E-state index contributed by atoms with van der Waals surface area (Å²) in [7, 11) is 1.64. The average molecular weight is 1120 g/mol. The van der Waals surface area contributed by atoms with Gasteiger partial charge in [-0.3, -0.25) is 4.79 Å². The number of alkyl halides is 1. The van der Waals surface area contributed by atoms with Crippen LogP contribution in [0.2, 0.25) is 0 Å². The van der Waals surface area contributed by atoms with Gasteiger partial charge in [0.25, 0.3) is 0 Å². The molecule has 0 aliphatic heterocycles. The normalized spacial score (nSPS) is 26.2. The van der Waals surface area contributed by atoms with Crippen molar-refractivity contribution in [3.63, 3.8) is 0 Å². The first-order chi connectivity index (χ1) is 25.5. The van der Waals surface area contributed by atoms with Gasteiger partial charge in [-0.05, 0) is 73.0 Å². The van der Waals surface area contributed by atoms with Crippen molar-refractivity contribution in [1.82, 2.24) is 21.3 Å². The largest absolute Gasteiger partial charge is 0.450 e. The van der Waals surface area contributed by atoms with E-state index in [1.807, 2.05) is 13.8 Å². The predicted octanol–water partition coefficient (Wildman–Crippen LogP) is 6.31. The van der Waals surface area contributed by atoms with Gasteiger partial charge in [-0.25, -0.2) is 14.4 Å². The summed E-state index contributed by atoms with van der Waals surface area (Å²) in [5.41, 5.74) is -1.51. The SMILES string of the molecule is COCC(C)(CBr)COCC(C)(CO)COC(=O)NC1CC(C)(C)CC(C)(CNC(=O)OCCCCOC(=O)NCC2(C)CC(NC(C)=O)CC(C)(C)C2)C1.[Rf]. The van der Waals surface area contributed by atoms with Gasteiger partial charge in [0.1, 0.15) is 6.61 Å². The molecule has 2 aliphatic carbocycles. The molecule has 5 N–H and O–H groups in total. The van der Waals surface area contributed by atoms with Crippen molar-refractivity contribution < 1.29 is 48.0 Å². The molecule has 16 heteroatoms. The molecule has 2 aliphatic rings. The van der Waals surface area contributed by atoms with Crippen LogP contribution in [0, 0.1) is 32.5 Å². The molecular formula is C40H73BrN4O10Rf. The first-order valence-corrected chi connectivity index (χ1v) is 20.8. The van der Waals surface area contributed by atoms with E-state index >= 15 is 0 Å². The Morgan fingerprint density at radius 1 is 0.696 bits per heavy atom. The number of rotatable bonds is 21. The van der Waals surface area contributed by atoms with Crippen molar-refractivity contribution in [2.45, 2.75) is 126 Å². The Hall–Kier alpha value is -3.36. The van der Waals surface area contributed by atoms with Gasteiger partial charge in [-0.15, -0.1) is 0 Å². The van der Waals surface area contributed by atoms with Gasteiger partial charge in [-0.1, -0.05) is 71.3 Å². The third-order valence-corrected chi connectivity index (χ3v) is 11.9. The predicted molar refractivity (Wildman–Crippen MR) is 215 cm³/mol. The molecule has 2 fully saturated rings. The van der Waals surface area contributed by atoms with Crippen molar-refractivity contribution in [2.75, 3.05) is 71.8 Å². The summed E-state index contributed by atoms with van der Waals surface area (Å²) in [4.78, 5) is 49.6. The molecule has 0 aromatic heterocycles. The number of nitrogens with one attached hydrogen (secondary N) is 4. The molecule has 2 saturated carbocycles. The van der Waals surface area contributed by atoms with Crippen LogP contribution in [0.1, 0.15) is 114 Å². The van der Waals surface area contributed by atoms with Crippen LogP contribution in [0.15, 0.2) is 0 Å². The fraction of sp³-hybridized carbons (Fsp3) is 0.900. The van der Waals surface area contributed by atoms with E-state index in [2.05, 4.69) is 78.7 Å². The summed E-state index contributed by atoms with van der Waals surface area (Å²) in [6, 6.07) is -0.0931. The average Bonchev–Trinajstić information content (AvgIpc) is 3.05. The molecule has 0 aromatic carbocycles. The van der Waals surface area contributed by atoms with Crippen molar-refractivity contribution >= 4 is 40.1 Å². The second-order valence-corrected chi connectivity index (χ2v) is 20.0. The smallest absolute Gasteiger partial charge is 0.407 e. The van der Waals surface area contributed by atoms with E-state index in [9.17, 15) is 24.3 Å². The van der Waals surface area contributed by atoms with Crippen molar-refractivity contribution in [1.29, 1.82) is 0 Å². The van der Waals surface area contributed by atoms with E-state index in [0.717, 1.165) is 32.1 Å². The zero-order valence-corrected chi connectivity index (χ0v) is 44.1. The third kappa shape index (κ3) is 18.7.